The van der Waals surface area contributed by atoms with E-state index in [9.17, 15) is 9.59 Å². The van der Waals surface area contributed by atoms with Gasteiger partial charge in [0.2, 0.25) is 0 Å². The zero-order valence-corrected chi connectivity index (χ0v) is 11.4. The molecule has 2 unspecified atom stereocenters. The molecule has 0 aromatic carbocycles. The van der Waals surface area contributed by atoms with Crippen LogP contribution in [0.25, 0.3) is 0 Å². The maximum atomic E-state index is 12.0. The van der Waals surface area contributed by atoms with E-state index in [1.54, 1.807) is 13.8 Å². The number of allylic oxidation sites excluding steroid dienone is 2. The summed E-state index contributed by atoms with van der Waals surface area (Å²) in [5.74, 6) is -1.06. The molecule has 106 valence electrons. The second-order valence-corrected chi connectivity index (χ2v) is 4.76. The summed E-state index contributed by atoms with van der Waals surface area (Å²) in [5.41, 5.74) is -1.51. The molecular weight excluding hydrogens is 248 g/mol. The van der Waals surface area contributed by atoms with E-state index in [4.69, 9.17) is 14.2 Å². The molecule has 2 atom stereocenters. The minimum atomic E-state index is -1.51. The van der Waals surface area contributed by atoms with Gasteiger partial charge in [0.15, 0.2) is 0 Å². The van der Waals surface area contributed by atoms with Gasteiger partial charge in [0.1, 0.15) is 6.10 Å². The Bertz CT molecular complexity index is 369. The predicted octanol–water partition coefficient (Wildman–Crippen LogP) is 1.61. The molecule has 0 aromatic heterocycles. The lowest BCUT2D eigenvalue weighted by molar-refractivity contribution is -0.163. The van der Waals surface area contributed by atoms with E-state index in [1.807, 2.05) is 0 Å². The summed E-state index contributed by atoms with van der Waals surface area (Å²) in [5, 5.41) is 0. The van der Waals surface area contributed by atoms with Crippen molar-refractivity contribution in [1.82, 2.24) is 0 Å². The fourth-order valence-electron chi connectivity index (χ4n) is 2.57. The summed E-state index contributed by atoms with van der Waals surface area (Å²) in [6.07, 6.45) is 6.46. The van der Waals surface area contributed by atoms with Crippen LogP contribution in [0.2, 0.25) is 0 Å². The zero-order valence-electron chi connectivity index (χ0n) is 11.4. The largest absolute Gasteiger partial charge is 0.463 e. The molecular formula is C14H20O5. The molecule has 1 saturated heterocycles. The van der Waals surface area contributed by atoms with Gasteiger partial charge in [-0.1, -0.05) is 12.2 Å². The van der Waals surface area contributed by atoms with Gasteiger partial charge in [-0.2, -0.15) is 0 Å². The molecule has 0 radical (unpaired) electrons. The maximum Gasteiger partial charge on any atom is 0.353 e. The van der Waals surface area contributed by atoms with Crippen molar-refractivity contribution in [3.8, 4) is 0 Å². The van der Waals surface area contributed by atoms with Crippen LogP contribution >= 0.6 is 0 Å². The molecule has 19 heavy (non-hydrogen) atoms. The molecule has 1 aliphatic heterocycles. The van der Waals surface area contributed by atoms with Crippen molar-refractivity contribution in [2.75, 3.05) is 13.2 Å². The second kappa shape index (κ2) is 5.74. The fourth-order valence-corrected chi connectivity index (χ4v) is 2.57. The number of carbonyl (C=O) groups excluding carboxylic acids is 2. The van der Waals surface area contributed by atoms with Crippen LogP contribution in [0, 0.1) is 5.92 Å². The number of epoxide rings is 1. The van der Waals surface area contributed by atoms with Crippen molar-refractivity contribution in [2.45, 2.75) is 44.8 Å². The van der Waals surface area contributed by atoms with E-state index in [0.717, 1.165) is 19.3 Å². The van der Waals surface area contributed by atoms with Gasteiger partial charge < -0.3 is 14.2 Å². The predicted molar refractivity (Wildman–Crippen MR) is 67.4 cm³/mol. The van der Waals surface area contributed by atoms with Crippen LogP contribution in [0.1, 0.15) is 33.1 Å². The van der Waals surface area contributed by atoms with Gasteiger partial charge in [0.25, 0.3) is 5.60 Å². The Morgan fingerprint density at radius 3 is 2.32 bits per heavy atom. The summed E-state index contributed by atoms with van der Waals surface area (Å²) in [6.45, 7) is 3.86. The van der Waals surface area contributed by atoms with Crippen LogP contribution in [0.3, 0.4) is 0 Å². The smallest absolute Gasteiger partial charge is 0.353 e. The maximum absolute atomic E-state index is 12.0. The van der Waals surface area contributed by atoms with Crippen LogP contribution < -0.4 is 0 Å². The average molecular weight is 268 g/mol. The number of ether oxygens (including phenoxy) is 3. The third-order valence-electron chi connectivity index (χ3n) is 3.55. The van der Waals surface area contributed by atoms with E-state index >= 15 is 0 Å². The molecule has 2 aliphatic rings. The molecule has 5 nitrogen and oxygen atoms in total. The lowest BCUT2D eigenvalue weighted by Crippen LogP contribution is -2.41. The zero-order chi connectivity index (χ0) is 13.9. The normalized spacial score (nSPS) is 27.7. The summed E-state index contributed by atoms with van der Waals surface area (Å²) in [6, 6.07) is 0. The molecule has 0 amide bonds. The Morgan fingerprint density at radius 2 is 1.84 bits per heavy atom. The van der Waals surface area contributed by atoms with Gasteiger partial charge in [-0.15, -0.1) is 0 Å². The number of esters is 2. The first-order chi connectivity index (χ1) is 9.16. The summed E-state index contributed by atoms with van der Waals surface area (Å²) in [4.78, 5) is 24.1. The minimum absolute atomic E-state index is 0.179. The highest BCUT2D eigenvalue weighted by atomic mass is 16.7. The van der Waals surface area contributed by atoms with Gasteiger partial charge in [0, 0.05) is 0 Å². The Morgan fingerprint density at radius 1 is 1.21 bits per heavy atom. The van der Waals surface area contributed by atoms with E-state index in [1.165, 1.54) is 0 Å². The highest BCUT2D eigenvalue weighted by Crippen LogP contribution is 2.47. The third-order valence-corrected chi connectivity index (χ3v) is 3.55. The summed E-state index contributed by atoms with van der Waals surface area (Å²) in [7, 11) is 0. The Hall–Kier alpha value is -1.36. The van der Waals surface area contributed by atoms with E-state index in [-0.39, 0.29) is 19.1 Å². The van der Waals surface area contributed by atoms with E-state index < -0.39 is 23.6 Å². The summed E-state index contributed by atoms with van der Waals surface area (Å²) < 4.78 is 15.4. The van der Waals surface area contributed by atoms with E-state index in [0.29, 0.717) is 0 Å². The van der Waals surface area contributed by atoms with Crippen molar-refractivity contribution >= 4 is 11.9 Å². The standard InChI is InChI=1S/C14H20O5/c1-3-17-12(15)14(13(16)18-4-2)11(19-14)10-8-6-5-7-9-10/h5-6,10-11H,3-4,7-9H2,1-2H3. The molecule has 1 heterocycles. The van der Waals surface area contributed by atoms with Crippen LogP contribution in [-0.2, 0) is 23.8 Å². The van der Waals surface area contributed by atoms with Crippen LogP contribution in [0.4, 0.5) is 0 Å². The molecule has 1 aliphatic carbocycles. The quantitative estimate of drug-likeness (QED) is 0.328. The average Bonchev–Trinajstić information content (AvgIpc) is 3.17. The molecule has 5 heteroatoms. The third kappa shape index (κ3) is 2.52. The minimum Gasteiger partial charge on any atom is -0.463 e. The van der Waals surface area contributed by atoms with Crippen LogP contribution in [0.5, 0.6) is 0 Å². The number of hydrogen-bond donors (Lipinski definition) is 0. The second-order valence-electron chi connectivity index (χ2n) is 4.76. The number of rotatable bonds is 5. The van der Waals surface area contributed by atoms with Crippen molar-refractivity contribution in [3.63, 3.8) is 0 Å². The first-order valence-corrected chi connectivity index (χ1v) is 6.84. The molecule has 0 saturated carbocycles. The Labute approximate surface area is 112 Å². The van der Waals surface area contributed by atoms with Crippen molar-refractivity contribution in [1.29, 1.82) is 0 Å². The highest BCUT2D eigenvalue weighted by Gasteiger charge is 2.72. The van der Waals surface area contributed by atoms with Crippen molar-refractivity contribution in [3.05, 3.63) is 12.2 Å². The fraction of sp³-hybridized carbons (Fsp3) is 0.714. The van der Waals surface area contributed by atoms with Crippen LogP contribution in [0.15, 0.2) is 12.2 Å². The lowest BCUT2D eigenvalue weighted by Gasteiger charge is -2.17. The first-order valence-electron chi connectivity index (χ1n) is 6.84. The molecule has 1 fully saturated rings. The van der Waals surface area contributed by atoms with E-state index in [2.05, 4.69) is 12.2 Å². The van der Waals surface area contributed by atoms with Gasteiger partial charge >= 0.3 is 11.9 Å². The number of carbonyl (C=O) groups is 2. The number of hydrogen-bond acceptors (Lipinski definition) is 5. The highest BCUT2D eigenvalue weighted by molar-refractivity contribution is 6.07. The monoisotopic (exact) mass is 268 g/mol. The molecule has 2 rings (SSSR count). The topological polar surface area (TPSA) is 65.1 Å². The van der Waals surface area contributed by atoms with Crippen LogP contribution in [-0.4, -0.2) is 36.9 Å². The van der Waals surface area contributed by atoms with Crippen molar-refractivity contribution < 1.29 is 23.8 Å². The Balaban J connectivity index is 2.11. The van der Waals surface area contributed by atoms with Crippen molar-refractivity contribution in [2.24, 2.45) is 5.92 Å². The SMILES string of the molecule is CCOC(=O)C1(C(=O)OCC)OC1C1CC=CCC1. The van der Waals surface area contributed by atoms with Gasteiger partial charge in [-0.3, -0.25) is 0 Å². The van der Waals surface area contributed by atoms with Gasteiger partial charge in [-0.05, 0) is 39.0 Å². The van der Waals surface area contributed by atoms with Gasteiger partial charge in [-0.25, -0.2) is 9.59 Å². The first kappa shape index (κ1) is 14.1. The van der Waals surface area contributed by atoms with Gasteiger partial charge in [0.05, 0.1) is 13.2 Å². The Kier molecular flexibility index (Phi) is 4.24. The molecule has 0 spiro atoms. The molecule has 0 aromatic rings. The summed E-state index contributed by atoms with van der Waals surface area (Å²) >= 11 is 0. The lowest BCUT2D eigenvalue weighted by atomic mass is 9.86. The molecule has 0 bridgehead atoms. The molecule has 0 N–H and O–H groups in total.